The van der Waals surface area contributed by atoms with Crippen LogP contribution in [0.3, 0.4) is 0 Å². The van der Waals surface area contributed by atoms with Crippen molar-refractivity contribution in [3.05, 3.63) is 56.4 Å². The molecular formula is C22H25N3O2S. The first-order valence-electron chi connectivity index (χ1n) is 9.86. The number of amides is 1. The van der Waals surface area contributed by atoms with Crippen LogP contribution in [0.5, 0.6) is 0 Å². The Hall–Kier alpha value is -2.47. The van der Waals surface area contributed by atoms with Crippen molar-refractivity contribution in [2.24, 2.45) is 5.92 Å². The second kappa shape index (κ2) is 7.51. The molecule has 1 amide bonds. The number of benzene rings is 1. The largest absolute Gasteiger partial charge is 0.324 e. The van der Waals surface area contributed by atoms with Gasteiger partial charge in [-0.25, -0.2) is 4.98 Å². The lowest BCUT2D eigenvalue weighted by molar-refractivity contribution is -0.116. The number of para-hydroxylation sites is 1. The van der Waals surface area contributed by atoms with Crippen molar-refractivity contribution < 1.29 is 4.79 Å². The Balaban J connectivity index is 1.63. The maximum Gasteiger partial charge on any atom is 0.262 e. The van der Waals surface area contributed by atoms with Crippen LogP contribution in [0.4, 0.5) is 5.69 Å². The molecule has 2 heterocycles. The van der Waals surface area contributed by atoms with E-state index in [0.29, 0.717) is 11.3 Å². The summed E-state index contributed by atoms with van der Waals surface area (Å²) in [4.78, 5) is 32.3. The van der Waals surface area contributed by atoms with Crippen molar-refractivity contribution >= 4 is 33.1 Å². The fourth-order valence-electron chi connectivity index (χ4n) is 4.01. The number of anilines is 1. The van der Waals surface area contributed by atoms with Gasteiger partial charge in [0.2, 0.25) is 5.91 Å². The lowest BCUT2D eigenvalue weighted by atomic mass is 9.89. The van der Waals surface area contributed by atoms with E-state index >= 15 is 0 Å². The number of nitrogens with one attached hydrogen (secondary N) is 1. The Morgan fingerprint density at radius 3 is 3.00 bits per heavy atom. The van der Waals surface area contributed by atoms with Gasteiger partial charge in [0.15, 0.2) is 0 Å². The molecule has 4 rings (SSSR count). The highest BCUT2D eigenvalue weighted by atomic mass is 32.1. The standard InChI is InChI=1S/C22H25N3O2S/c1-4-15-7-5-6-14(3)20(15)24-18(26)11-25-12-23-21-19(22(25)27)16-9-8-13(2)10-17(16)28-21/h5-7,12-13H,4,8-11H2,1-3H3,(H,24,26)/t13-/m1/s1. The van der Waals surface area contributed by atoms with E-state index in [2.05, 4.69) is 24.1 Å². The van der Waals surface area contributed by atoms with Gasteiger partial charge in [0.1, 0.15) is 11.4 Å². The van der Waals surface area contributed by atoms with E-state index in [1.54, 1.807) is 11.3 Å². The van der Waals surface area contributed by atoms with Crippen LogP contribution in [0.15, 0.2) is 29.3 Å². The second-order valence-corrected chi connectivity index (χ2v) is 8.80. The molecule has 1 aliphatic rings. The molecule has 28 heavy (non-hydrogen) atoms. The van der Waals surface area contributed by atoms with Crippen molar-refractivity contribution in [1.82, 2.24) is 9.55 Å². The van der Waals surface area contributed by atoms with E-state index in [1.807, 2.05) is 25.1 Å². The third-order valence-corrected chi connectivity index (χ3v) is 6.76. The van der Waals surface area contributed by atoms with Gasteiger partial charge in [-0.05, 0) is 55.2 Å². The summed E-state index contributed by atoms with van der Waals surface area (Å²) in [7, 11) is 0. The molecule has 0 saturated carbocycles. The van der Waals surface area contributed by atoms with Crippen LogP contribution in [-0.4, -0.2) is 15.5 Å². The van der Waals surface area contributed by atoms with Crippen LogP contribution in [0.1, 0.15) is 41.8 Å². The predicted molar refractivity (Wildman–Crippen MR) is 114 cm³/mol. The van der Waals surface area contributed by atoms with Gasteiger partial charge >= 0.3 is 0 Å². The van der Waals surface area contributed by atoms with Crippen molar-refractivity contribution in [1.29, 1.82) is 0 Å². The van der Waals surface area contributed by atoms with E-state index in [4.69, 9.17) is 0 Å². The van der Waals surface area contributed by atoms with E-state index < -0.39 is 0 Å². The van der Waals surface area contributed by atoms with Gasteiger partial charge < -0.3 is 5.32 Å². The number of thiophene rings is 1. The molecule has 0 fully saturated rings. The highest BCUT2D eigenvalue weighted by Crippen LogP contribution is 2.35. The number of rotatable bonds is 4. The van der Waals surface area contributed by atoms with E-state index in [-0.39, 0.29) is 18.0 Å². The molecule has 1 atom stereocenters. The lowest BCUT2D eigenvalue weighted by Gasteiger charge is -2.17. The molecule has 0 saturated heterocycles. The SMILES string of the molecule is CCc1cccc(C)c1NC(=O)Cn1cnc2sc3c(c2c1=O)CC[C@@H](C)C3. The van der Waals surface area contributed by atoms with Crippen molar-refractivity contribution in [3.63, 3.8) is 0 Å². The zero-order chi connectivity index (χ0) is 19.8. The molecule has 146 valence electrons. The average Bonchev–Trinajstić information content (AvgIpc) is 3.03. The van der Waals surface area contributed by atoms with Crippen molar-refractivity contribution in [2.75, 3.05) is 5.32 Å². The molecule has 6 heteroatoms. The lowest BCUT2D eigenvalue weighted by Crippen LogP contribution is -2.28. The molecule has 0 radical (unpaired) electrons. The number of carbonyl (C=O) groups is 1. The first-order valence-corrected chi connectivity index (χ1v) is 10.7. The topological polar surface area (TPSA) is 64.0 Å². The highest BCUT2D eigenvalue weighted by molar-refractivity contribution is 7.18. The summed E-state index contributed by atoms with van der Waals surface area (Å²) in [6.45, 7) is 6.26. The quantitative estimate of drug-likeness (QED) is 0.724. The summed E-state index contributed by atoms with van der Waals surface area (Å²) >= 11 is 1.63. The number of aromatic nitrogens is 2. The minimum Gasteiger partial charge on any atom is -0.324 e. The van der Waals surface area contributed by atoms with E-state index in [9.17, 15) is 9.59 Å². The van der Waals surface area contributed by atoms with Crippen molar-refractivity contribution in [3.8, 4) is 0 Å². The number of hydrogen-bond acceptors (Lipinski definition) is 4. The third kappa shape index (κ3) is 3.37. The maximum atomic E-state index is 13.1. The fraction of sp³-hybridized carbons (Fsp3) is 0.409. The van der Waals surface area contributed by atoms with Gasteiger partial charge in [-0.1, -0.05) is 32.0 Å². The molecular weight excluding hydrogens is 370 g/mol. The summed E-state index contributed by atoms with van der Waals surface area (Å²) in [5.74, 6) is 0.445. The Bertz CT molecular complexity index is 1110. The first-order chi connectivity index (χ1) is 13.5. The van der Waals surface area contributed by atoms with Gasteiger partial charge in [0.25, 0.3) is 5.56 Å². The molecule has 1 N–H and O–H groups in total. The van der Waals surface area contributed by atoms with Gasteiger partial charge in [0, 0.05) is 10.6 Å². The minimum atomic E-state index is -0.204. The Morgan fingerprint density at radius 1 is 1.39 bits per heavy atom. The number of hydrogen-bond donors (Lipinski definition) is 1. The number of carbonyl (C=O) groups excluding carboxylic acids is 1. The molecule has 1 aromatic carbocycles. The molecule has 5 nitrogen and oxygen atoms in total. The first kappa shape index (κ1) is 18.9. The summed E-state index contributed by atoms with van der Waals surface area (Å²) in [5, 5.41) is 3.71. The maximum absolute atomic E-state index is 13.1. The van der Waals surface area contributed by atoms with Gasteiger partial charge in [-0.2, -0.15) is 0 Å². The smallest absolute Gasteiger partial charge is 0.262 e. The molecule has 0 spiro atoms. The third-order valence-electron chi connectivity index (χ3n) is 5.60. The summed E-state index contributed by atoms with van der Waals surface area (Å²) in [6, 6.07) is 5.99. The molecule has 1 aliphatic carbocycles. The van der Waals surface area contributed by atoms with Gasteiger partial charge in [0.05, 0.1) is 11.7 Å². The molecule has 2 aromatic heterocycles. The zero-order valence-corrected chi connectivity index (χ0v) is 17.4. The monoisotopic (exact) mass is 395 g/mol. The van der Waals surface area contributed by atoms with E-state index in [1.165, 1.54) is 15.8 Å². The minimum absolute atomic E-state index is 0.0275. The molecule has 0 bridgehead atoms. The normalized spacial score (nSPS) is 16.2. The van der Waals surface area contributed by atoms with Crippen LogP contribution >= 0.6 is 11.3 Å². The van der Waals surface area contributed by atoms with Crippen molar-refractivity contribution in [2.45, 2.75) is 53.0 Å². The van der Waals surface area contributed by atoms with Crippen LogP contribution in [-0.2, 0) is 30.6 Å². The van der Waals surface area contributed by atoms with Crippen LogP contribution in [0.2, 0.25) is 0 Å². The number of aryl methyl sites for hydroxylation is 3. The zero-order valence-electron chi connectivity index (χ0n) is 16.5. The molecule has 3 aromatic rings. The van der Waals surface area contributed by atoms with Gasteiger partial charge in [-0.3, -0.25) is 14.2 Å². The second-order valence-electron chi connectivity index (χ2n) is 7.72. The Morgan fingerprint density at radius 2 is 2.21 bits per heavy atom. The average molecular weight is 396 g/mol. The fourth-order valence-corrected chi connectivity index (χ4v) is 5.36. The summed E-state index contributed by atoms with van der Waals surface area (Å²) in [6.07, 6.45) is 5.38. The molecule has 0 aliphatic heterocycles. The van der Waals surface area contributed by atoms with E-state index in [0.717, 1.165) is 52.9 Å². The van der Waals surface area contributed by atoms with Crippen LogP contribution in [0, 0.1) is 12.8 Å². The summed E-state index contributed by atoms with van der Waals surface area (Å²) < 4.78 is 1.44. The van der Waals surface area contributed by atoms with Crippen LogP contribution < -0.4 is 10.9 Å². The van der Waals surface area contributed by atoms with Gasteiger partial charge in [-0.15, -0.1) is 11.3 Å². The Kier molecular flexibility index (Phi) is 5.06. The highest BCUT2D eigenvalue weighted by Gasteiger charge is 2.23. The Labute approximate surface area is 168 Å². The molecule has 0 unspecified atom stereocenters. The number of nitrogens with zero attached hydrogens (tertiary/aromatic N) is 2. The predicted octanol–water partition coefficient (Wildman–Crippen LogP) is 4.09. The van der Waals surface area contributed by atoms with Crippen LogP contribution in [0.25, 0.3) is 10.2 Å². The number of fused-ring (bicyclic) bond motifs is 3. The summed E-state index contributed by atoms with van der Waals surface area (Å²) in [5.41, 5.74) is 4.01.